The summed E-state index contributed by atoms with van der Waals surface area (Å²) < 4.78 is 18.1. The second kappa shape index (κ2) is 6.92. The van der Waals surface area contributed by atoms with Crippen LogP contribution in [0.15, 0.2) is 71.7 Å². The Morgan fingerprint density at radius 3 is 1.92 bits per heavy atom. The Kier molecular flexibility index (Phi) is 4.52. The quantitative estimate of drug-likeness (QED) is 0.451. The highest BCUT2D eigenvalue weighted by Crippen LogP contribution is 2.17. The molecule has 0 aliphatic rings. The van der Waals surface area contributed by atoms with Crippen molar-refractivity contribution in [2.45, 2.75) is 0 Å². The predicted octanol–water partition coefficient (Wildman–Crippen LogP) is 2.96. The normalized spacial score (nSPS) is 10.3. The molecule has 0 aliphatic carbocycles. The van der Waals surface area contributed by atoms with E-state index < -0.39 is 11.8 Å². The van der Waals surface area contributed by atoms with Crippen LogP contribution in [0, 0.1) is 5.82 Å². The summed E-state index contributed by atoms with van der Waals surface area (Å²) in [4.78, 5) is 37.6. The zero-order chi connectivity index (χ0) is 17.8. The third kappa shape index (κ3) is 3.87. The van der Waals surface area contributed by atoms with Gasteiger partial charge in [-0.2, -0.15) is 0 Å². The van der Waals surface area contributed by atoms with Crippen LogP contribution in [0.25, 0.3) is 0 Å². The molecule has 0 aliphatic heterocycles. The summed E-state index contributed by atoms with van der Waals surface area (Å²) in [6.07, 6.45) is 1.26. The van der Waals surface area contributed by atoms with Crippen molar-refractivity contribution in [2.24, 2.45) is 0 Å². The first-order chi connectivity index (χ1) is 12.0. The third-order valence-electron chi connectivity index (χ3n) is 3.45. The van der Waals surface area contributed by atoms with E-state index in [1.807, 2.05) is 0 Å². The maximum absolute atomic E-state index is 12.9. The summed E-state index contributed by atoms with van der Waals surface area (Å²) in [7, 11) is 0. The lowest BCUT2D eigenvalue weighted by atomic mass is 10.0. The molecule has 0 saturated heterocycles. The lowest BCUT2D eigenvalue weighted by molar-refractivity contribution is 0.0734. The van der Waals surface area contributed by atoms with Crippen LogP contribution in [0.4, 0.5) is 4.39 Å². The number of carbonyl (C=O) groups is 2. The standard InChI is InChI=1S/C19H12FNO4/c20-15-6-1-12(2-7-15)18(23)13-3-8-16(9-4-13)25-19(24)14-5-10-17(22)21-11-14/h1-11H,(H,21,22). The molecule has 25 heavy (non-hydrogen) atoms. The van der Waals surface area contributed by atoms with Gasteiger partial charge in [-0.15, -0.1) is 0 Å². The van der Waals surface area contributed by atoms with E-state index in [1.165, 1.54) is 66.9 Å². The second-order valence-electron chi connectivity index (χ2n) is 5.19. The molecule has 1 heterocycles. The summed E-state index contributed by atoms with van der Waals surface area (Å²) in [6.45, 7) is 0. The molecule has 0 spiro atoms. The molecule has 0 saturated carbocycles. The average Bonchev–Trinajstić information content (AvgIpc) is 2.63. The van der Waals surface area contributed by atoms with Crippen LogP contribution < -0.4 is 10.3 Å². The van der Waals surface area contributed by atoms with Gasteiger partial charge in [0.05, 0.1) is 5.56 Å². The van der Waals surface area contributed by atoms with Crippen molar-refractivity contribution in [1.82, 2.24) is 4.98 Å². The van der Waals surface area contributed by atoms with E-state index in [1.54, 1.807) is 0 Å². The van der Waals surface area contributed by atoms with Gasteiger partial charge >= 0.3 is 5.97 Å². The van der Waals surface area contributed by atoms with Crippen molar-refractivity contribution in [2.75, 3.05) is 0 Å². The van der Waals surface area contributed by atoms with Gasteiger partial charge in [-0.05, 0) is 54.6 Å². The molecule has 3 rings (SSSR count). The molecule has 3 aromatic rings. The van der Waals surface area contributed by atoms with E-state index in [4.69, 9.17) is 4.74 Å². The Labute approximate surface area is 141 Å². The van der Waals surface area contributed by atoms with Crippen molar-refractivity contribution in [1.29, 1.82) is 0 Å². The highest BCUT2D eigenvalue weighted by molar-refractivity contribution is 6.09. The number of halogens is 1. The van der Waals surface area contributed by atoms with Gasteiger partial charge in [-0.1, -0.05) is 0 Å². The van der Waals surface area contributed by atoms with Gasteiger partial charge in [0.2, 0.25) is 5.56 Å². The van der Waals surface area contributed by atoms with E-state index in [0.29, 0.717) is 11.1 Å². The smallest absolute Gasteiger partial charge is 0.345 e. The summed E-state index contributed by atoms with van der Waals surface area (Å²) in [5.41, 5.74) is 0.626. The first-order valence-electron chi connectivity index (χ1n) is 7.34. The Morgan fingerprint density at radius 2 is 1.36 bits per heavy atom. The Balaban J connectivity index is 1.72. The number of pyridine rings is 1. The molecule has 5 nitrogen and oxygen atoms in total. The number of ether oxygens (including phenoxy) is 1. The van der Waals surface area contributed by atoms with Crippen molar-refractivity contribution >= 4 is 11.8 Å². The molecule has 6 heteroatoms. The summed E-state index contributed by atoms with van der Waals surface area (Å²) in [6, 6.07) is 13.8. The molecule has 0 atom stereocenters. The van der Waals surface area contributed by atoms with Crippen molar-refractivity contribution < 1.29 is 18.7 Å². The molecular weight excluding hydrogens is 325 g/mol. The number of esters is 1. The van der Waals surface area contributed by atoms with Crippen LogP contribution in [0.2, 0.25) is 0 Å². The Morgan fingerprint density at radius 1 is 0.800 bits per heavy atom. The maximum Gasteiger partial charge on any atom is 0.345 e. The Bertz CT molecular complexity index is 955. The minimum atomic E-state index is -0.631. The van der Waals surface area contributed by atoms with E-state index >= 15 is 0 Å². The van der Waals surface area contributed by atoms with Gasteiger partial charge in [-0.3, -0.25) is 9.59 Å². The number of hydrogen-bond donors (Lipinski definition) is 1. The SMILES string of the molecule is O=C(Oc1ccc(C(=O)c2ccc(F)cc2)cc1)c1ccc(=O)[nH]c1. The molecule has 124 valence electrons. The maximum atomic E-state index is 12.9. The number of rotatable bonds is 4. The van der Waals surface area contributed by atoms with E-state index in [0.717, 1.165) is 0 Å². The highest BCUT2D eigenvalue weighted by atomic mass is 19.1. The number of benzene rings is 2. The van der Waals surface area contributed by atoms with Gasteiger partial charge in [0.15, 0.2) is 5.78 Å². The lowest BCUT2D eigenvalue weighted by Gasteiger charge is -2.05. The largest absolute Gasteiger partial charge is 0.423 e. The zero-order valence-corrected chi connectivity index (χ0v) is 12.9. The highest BCUT2D eigenvalue weighted by Gasteiger charge is 2.11. The molecule has 2 aromatic carbocycles. The summed E-state index contributed by atoms with van der Waals surface area (Å²) in [5, 5.41) is 0. The van der Waals surface area contributed by atoms with Gasteiger partial charge in [-0.25, -0.2) is 9.18 Å². The van der Waals surface area contributed by atoms with Crippen LogP contribution >= 0.6 is 0 Å². The number of H-pyrrole nitrogens is 1. The van der Waals surface area contributed by atoms with E-state index in [2.05, 4.69) is 4.98 Å². The van der Waals surface area contributed by atoms with Gasteiger partial charge in [0.25, 0.3) is 0 Å². The first-order valence-corrected chi connectivity index (χ1v) is 7.34. The molecular formula is C19H12FNO4. The molecule has 1 aromatic heterocycles. The fourth-order valence-corrected chi connectivity index (χ4v) is 2.15. The summed E-state index contributed by atoms with van der Waals surface area (Å²) in [5.74, 6) is -1.06. The van der Waals surface area contributed by atoms with Crippen LogP contribution in [0.5, 0.6) is 5.75 Å². The van der Waals surface area contributed by atoms with Crippen LogP contribution in [0.1, 0.15) is 26.3 Å². The van der Waals surface area contributed by atoms with Crippen molar-refractivity contribution in [3.05, 3.63) is 99.7 Å². The van der Waals surface area contributed by atoms with Crippen LogP contribution in [0.3, 0.4) is 0 Å². The van der Waals surface area contributed by atoms with Gasteiger partial charge in [0, 0.05) is 23.4 Å². The lowest BCUT2D eigenvalue weighted by Crippen LogP contribution is -2.12. The zero-order valence-electron chi connectivity index (χ0n) is 12.9. The monoisotopic (exact) mass is 337 g/mol. The molecule has 0 unspecified atom stereocenters. The number of aromatic amines is 1. The molecule has 1 N–H and O–H groups in total. The predicted molar refractivity (Wildman–Crippen MR) is 88.3 cm³/mol. The molecule has 0 radical (unpaired) electrons. The van der Waals surface area contributed by atoms with Crippen molar-refractivity contribution in [3.63, 3.8) is 0 Å². The summed E-state index contributed by atoms with van der Waals surface area (Å²) >= 11 is 0. The molecule has 0 amide bonds. The third-order valence-corrected chi connectivity index (χ3v) is 3.45. The number of carbonyl (C=O) groups excluding carboxylic acids is 2. The van der Waals surface area contributed by atoms with Crippen LogP contribution in [-0.2, 0) is 0 Å². The molecule has 0 fully saturated rings. The minimum Gasteiger partial charge on any atom is -0.423 e. The van der Waals surface area contributed by atoms with Crippen molar-refractivity contribution in [3.8, 4) is 5.75 Å². The van der Waals surface area contributed by atoms with Gasteiger partial charge in [0.1, 0.15) is 11.6 Å². The van der Waals surface area contributed by atoms with E-state index in [9.17, 15) is 18.8 Å². The average molecular weight is 337 g/mol. The van der Waals surface area contributed by atoms with E-state index in [-0.39, 0.29) is 22.7 Å². The number of hydrogen-bond acceptors (Lipinski definition) is 4. The number of ketones is 1. The first kappa shape index (κ1) is 16.3. The Hall–Kier alpha value is -3.54. The fourth-order valence-electron chi connectivity index (χ4n) is 2.15. The fraction of sp³-hybridized carbons (Fsp3) is 0. The number of aromatic nitrogens is 1. The van der Waals surface area contributed by atoms with Gasteiger partial charge < -0.3 is 9.72 Å². The minimum absolute atomic E-state index is 0.200. The molecule has 0 bridgehead atoms. The topological polar surface area (TPSA) is 76.2 Å². The van der Waals surface area contributed by atoms with Crippen LogP contribution in [-0.4, -0.2) is 16.7 Å². The second-order valence-corrected chi connectivity index (χ2v) is 5.19. The number of nitrogens with one attached hydrogen (secondary N) is 1.